The normalized spacial score (nSPS) is 14.1. The smallest absolute Gasteiger partial charge is 0.260 e. The van der Waals surface area contributed by atoms with Crippen LogP contribution >= 0.6 is 0 Å². The number of ether oxygens (including phenoxy) is 2. The molecule has 3 rings (SSSR count). The summed E-state index contributed by atoms with van der Waals surface area (Å²) in [5.41, 5.74) is 0.389. The zero-order valence-corrected chi connectivity index (χ0v) is 14.5. The molecule has 1 aromatic carbocycles. The van der Waals surface area contributed by atoms with Crippen molar-refractivity contribution in [2.24, 2.45) is 0 Å². The van der Waals surface area contributed by atoms with Crippen LogP contribution in [-0.4, -0.2) is 43.2 Å². The lowest BCUT2D eigenvalue weighted by molar-refractivity contribution is 0.102. The van der Waals surface area contributed by atoms with E-state index in [2.05, 4.69) is 20.2 Å². The summed E-state index contributed by atoms with van der Waals surface area (Å²) in [6, 6.07) is 6.89. The predicted octanol–water partition coefficient (Wildman–Crippen LogP) is 2.74. The maximum Gasteiger partial charge on any atom is 0.260 e. The van der Waals surface area contributed by atoms with Crippen molar-refractivity contribution in [3.05, 3.63) is 36.2 Å². The molecule has 0 aliphatic carbocycles. The van der Waals surface area contributed by atoms with Crippen LogP contribution in [0.2, 0.25) is 0 Å². The second-order valence-corrected chi connectivity index (χ2v) is 5.83. The highest BCUT2D eigenvalue weighted by molar-refractivity contribution is 6.06. The van der Waals surface area contributed by atoms with Gasteiger partial charge in [0.15, 0.2) is 0 Å². The van der Waals surface area contributed by atoms with Crippen LogP contribution in [0.5, 0.6) is 11.5 Å². The number of hydrogen-bond donors (Lipinski definition) is 1. The number of anilines is 2. The maximum atomic E-state index is 12.6. The molecule has 0 saturated carbocycles. The second kappa shape index (κ2) is 7.83. The summed E-state index contributed by atoms with van der Waals surface area (Å²) in [4.78, 5) is 23.3. The number of carbonyl (C=O) groups is 1. The molecule has 2 heterocycles. The Morgan fingerprint density at radius 2 is 1.88 bits per heavy atom. The fraction of sp³-hybridized carbons (Fsp3) is 0.389. The van der Waals surface area contributed by atoms with Crippen LogP contribution in [0.3, 0.4) is 0 Å². The summed E-state index contributed by atoms with van der Waals surface area (Å²) in [7, 11) is 3.08. The van der Waals surface area contributed by atoms with Crippen molar-refractivity contribution in [2.75, 3.05) is 37.5 Å². The number of carbonyl (C=O) groups excluding carboxylic acids is 1. The van der Waals surface area contributed by atoms with Crippen molar-refractivity contribution in [1.29, 1.82) is 0 Å². The van der Waals surface area contributed by atoms with Gasteiger partial charge >= 0.3 is 0 Å². The fourth-order valence-corrected chi connectivity index (χ4v) is 2.89. The number of nitrogens with one attached hydrogen (secondary N) is 1. The van der Waals surface area contributed by atoms with Crippen LogP contribution in [0.1, 0.15) is 29.6 Å². The highest BCUT2D eigenvalue weighted by atomic mass is 16.5. The third-order valence-electron chi connectivity index (χ3n) is 4.23. The summed E-state index contributed by atoms with van der Waals surface area (Å²) < 4.78 is 10.5. The van der Waals surface area contributed by atoms with Gasteiger partial charge in [0.1, 0.15) is 29.5 Å². The number of piperidine rings is 1. The van der Waals surface area contributed by atoms with Gasteiger partial charge in [-0.15, -0.1) is 0 Å². The Kier molecular flexibility index (Phi) is 5.33. The van der Waals surface area contributed by atoms with Crippen molar-refractivity contribution < 1.29 is 14.3 Å². The Morgan fingerprint density at radius 1 is 1.08 bits per heavy atom. The van der Waals surface area contributed by atoms with Gasteiger partial charge in [-0.05, 0) is 37.5 Å². The van der Waals surface area contributed by atoms with Gasteiger partial charge in [0.2, 0.25) is 0 Å². The third-order valence-corrected chi connectivity index (χ3v) is 4.23. The zero-order valence-electron chi connectivity index (χ0n) is 14.5. The van der Waals surface area contributed by atoms with Crippen LogP contribution in [0.4, 0.5) is 11.6 Å². The Hall–Kier alpha value is -2.83. The molecule has 7 nitrogen and oxygen atoms in total. The van der Waals surface area contributed by atoms with Gasteiger partial charge in [0.25, 0.3) is 5.91 Å². The van der Waals surface area contributed by atoms with Crippen molar-refractivity contribution in [3.8, 4) is 11.5 Å². The number of rotatable bonds is 5. The van der Waals surface area contributed by atoms with Crippen LogP contribution in [-0.2, 0) is 0 Å². The van der Waals surface area contributed by atoms with Gasteiger partial charge in [-0.2, -0.15) is 0 Å². The molecule has 0 unspecified atom stereocenters. The third kappa shape index (κ3) is 3.99. The summed E-state index contributed by atoms with van der Waals surface area (Å²) in [5.74, 6) is 2.05. The molecule has 7 heteroatoms. The molecule has 0 spiro atoms. The first-order valence-electron chi connectivity index (χ1n) is 8.31. The maximum absolute atomic E-state index is 12.6. The standard InChI is InChI=1S/C18H22N4O3/c1-24-13-6-7-15(25-2)14(10-13)18(23)21-16-11-17(20-12-19-16)22-8-4-3-5-9-22/h6-7,10-12H,3-5,8-9H2,1-2H3,(H,19,20,21,23). The SMILES string of the molecule is COc1ccc(OC)c(C(=O)Nc2cc(N3CCCCC3)ncn2)c1. The molecule has 0 radical (unpaired) electrons. The summed E-state index contributed by atoms with van der Waals surface area (Å²) in [5, 5.41) is 2.81. The Bertz CT molecular complexity index is 745. The predicted molar refractivity (Wildman–Crippen MR) is 95.6 cm³/mol. The van der Waals surface area contributed by atoms with Gasteiger partial charge in [-0.25, -0.2) is 9.97 Å². The van der Waals surface area contributed by atoms with Crippen molar-refractivity contribution >= 4 is 17.5 Å². The first-order valence-corrected chi connectivity index (χ1v) is 8.31. The first kappa shape index (κ1) is 17.0. The fourth-order valence-electron chi connectivity index (χ4n) is 2.89. The van der Waals surface area contributed by atoms with Crippen molar-refractivity contribution in [1.82, 2.24) is 9.97 Å². The van der Waals surface area contributed by atoms with E-state index in [-0.39, 0.29) is 5.91 Å². The van der Waals surface area contributed by atoms with E-state index in [0.717, 1.165) is 31.7 Å². The van der Waals surface area contributed by atoms with E-state index in [1.165, 1.54) is 19.9 Å². The van der Waals surface area contributed by atoms with Gasteiger partial charge in [-0.1, -0.05) is 0 Å². The monoisotopic (exact) mass is 342 g/mol. The summed E-state index contributed by atoms with van der Waals surface area (Å²) >= 11 is 0. The summed E-state index contributed by atoms with van der Waals surface area (Å²) in [6.07, 6.45) is 5.04. The molecule has 1 aliphatic heterocycles. The highest BCUT2D eigenvalue weighted by Crippen LogP contribution is 2.25. The van der Waals surface area contributed by atoms with Gasteiger partial charge in [0.05, 0.1) is 19.8 Å². The molecule has 1 aromatic heterocycles. The van der Waals surface area contributed by atoms with E-state index in [0.29, 0.717) is 22.9 Å². The Balaban J connectivity index is 1.79. The average Bonchev–Trinajstić information content (AvgIpc) is 2.68. The first-order chi connectivity index (χ1) is 12.2. The lowest BCUT2D eigenvalue weighted by Gasteiger charge is -2.27. The minimum atomic E-state index is -0.306. The average molecular weight is 342 g/mol. The molecular weight excluding hydrogens is 320 g/mol. The van der Waals surface area contributed by atoms with E-state index < -0.39 is 0 Å². The number of amides is 1. The molecule has 0 bridgehead atoms. The molecule has 25 heavy (non-hydrogen) atoms. The van der Waals surface area contributed by atoms with E-state index in [9.17, 15) is 4.79 Å². The number of methoxy groups -OCH3 is 2. The van der Waals surface area contributed by atoms with Gasteiger partial charge < -0.3 is 19.7 Å². The number of hydrogen-bond acceptors (Lipinski definition) is 6. The molecule has 1 aliphatic rings. The highest BCUT2D eigenvalue weighted by Gasteiger charge is 2.16. The zero-order chi connectivity index (χ0) is 17.6. The number of benzene rings is 1. The lowest BCUT2D eigenvalue weighted by atomic mass is 10.1. The van der Waals surface area contributed by atoms with Crippen molar-refractivity contribution in [3.63, 3.8) is 0 Å². The van der Waals surface area contributed by atoms with Gasteiger partial charge in [0, 0.05) is 19.2 Å². The lowest BCUT2D eigenvalue weighted by Crippen LogP contribution is -2.30. The molecule has 1 amide bonds. The van der Waals surface area contributed by atoms with Crippen LogP contribution < -0.4 is 19.7 Å². The van der Waals surface area contributed by atoms with E-state index in [1.54, 1.807) is 31.4 Å². The molecule has 132 valence electrons. The topological polar surface area (TPSA) is 76.6 Å². The van der Waals surface area contributed by atoms with Crippen LogP contribution in [0.25, 0.3) is 0 Å². The van der Waals surface area contributed by atoms with E-state index in [1.807, 2.05) is 0 Å². The van der Waals surface area contributed by atoms with E-state index in [4.69, 9.17) is 9.47 Å². The number of aromatic nitrogens is 2. The minimum absolute atomic E-state index is 0.306. The van der Waals surface area contributed by atoms with E-state index >= 15 is 0 Å². The molecule has 1 saturated heterocycles. The molecule has 2 aromatic rings. The minimum Gasteiger partial charge on any atom is -0.497 e. The summed E-state index contributed by atoms with van der Waals surface area (Å²) in [6.45, 7) is 1.96. The number of nitrogens with zero attached hydrogens (tertiary/aromatic N) is 3. The quantitative estimate of drug-likeness (QED) is 0.900. The molecule has 1 fully saturated rings. The van der Waals surface area contributed by atoms with Crippen molar-refractivity contribution in [2.45, 2.75) is 19.3 Å². The molecule has 1 N–H and O–H groups in total. The Labute approximate surface area is 147 Å². The van der Waals surface area contributed by atoms with Crippen LogP contribution in [0.15, 0.2) is 30.6 Å². The second-order valence-electron chi connectivity index (χ2n) is 5.83. The van der Waals surface area contributed by atoms with Gasteiger partial charge in [-0.3, -0.25) is 4.79 Å². The molecule has 0 atom stereocenters. The molecular formula is C18H22N4O3. The largest absolute Gasteiger partial charge is 0.497 e. The Morgan fingerprint density at radius 3 is 2.60 bits per heavy atom. The van der Waals surface area contributed by atoms with Crippen LogP contribution in [0, 0.1) is 0 Å².